The van der Waals surface area contributed by atoms with Crippen molar-refractivity contribution in [2.24, 2.45) is 0 Å². The first-order valence-corrected chi connectivity index (χ1v) is 8.55. The van der Waals surface area contributed by atoms with Gasteiger partial charge in [0.15, 0.2) is 0 Å². The highest BCUT2D eigenvalue weighted by molar-refractivity contribution is 5.90. The molecule has 4 heteroatoms. The van der Waals surface area contributed by atoms with Crippen molar-refractivity contribution < 1.29 is 19.1 Å². The number of methoxy groups -OCH3 is 1. The molecule has 0 saturated heterocycles. The van der Waals surface area contributed by atoms with Gasteiger partial charge in [0.1, 0.15) is 5.58 Å². The number of esters is 1. The van der Waals surface area contributed by atoms with Crippen molar-refractivity contribution in [3.63, 3.8) is 0 Å². The van der Waals surface area contributed by atoms with Crippen molar-refractivity contribution in [2.45, 2.75) is 30.3 Å². The van der Waals surface area contributed by atoms with Crippen LogP contribution in [0.15, 0.2) is 53.1 Å². The topological polar surface area (TPSA) is 59.7 Å². The van der Waals surface area contributed by atoms with E-state index in [1.54, 1.807) is 6.26 Å². The van der Waals surface area contributed by atoms with Gasteiger partial charge in [0.05, 0.1) is 25.0 Å². The van der Waals surface area contributed by atoms with Crippen LogP contribution < -0.4 is 0 Å². The minimum atomic E-state index is -0.466. The summed E-state index contributed by atoms with van der Waals surface area (Å²) in [7, 11) is 1.39. The van der Waals surface area contributed by atoms with E-state index in [2.05, 4.69) is 0 Å². The molecule has 2 aromatic carbocycles. The Hall–Kier alpha value is -2.59. The lowest BCUT2D eigenvalue weighted by molar-refractivity contribution is 0.0600. The average molecular weight is 334 g/mol. The highest BCUT2D eigenvalue weighted by Crippen LogP contribution is 2.60. The Morgan fingerprint density at radius 2 is 1.96 bits per heavy atom. The maximum absolute atomic E-state index is 11.8. The highest BCUT2D eigenvalue weighted by Gasteiger charge is 2.51. The number of rotatable bonds is 2. The molecule has 25 heavy (non-hydrogen) atoms. The zero-order valence-corrected chi connectivity index (χ0v) is 13.8. The Morgan fingerprint density at radius 3 is 2.80 bits per heavy atom. The van der Waals surface area contributed by atoms with Gasteiger partial charge in [-0.2, -0.15) is 0 Å². The van der Waals surface area contributed by atoms with Crippen LogP contribution in [0.1, 0.15) is 51.2 Å². The van der Waals surface area contributed by atoms with Crippen LogP contribution in [0, 0.1) is 0 Å². The second-order valence-corrected chi connectivity index (χ2v) is 6.99. The Morgan fingerprint density at radius 1 is 1.12 bits per heavy atom. The van der Waals surface area contributed by atoms with E-state index in [0.717, 1.165) is 28.5 Å². The van der Waals surface area contributed by atoms with Crippen molar-refractivity contribution in [2.75, 3.05) is 7.11 Å². The van der Waals surface area contributed by atoms with E-state index in [-0.39, 0.29) is 23.7 Å². The van der Waals surface area contributed by atoms with Gasteiger partial charge in [0, 0.05) is 22.8 Å². The molecule has 4 nitrogen and oxygen atoms in total. The fraction of sp³-hybridized carbons (Fsp3) is 0.286. The van der Waals surface area contributed by atoms with Gasteiger partial charge < -0.3 is 14.3 Å². The number of ether oxygens (including phenoxy) is 1. The van der Waals surface area contributed by atoms with Crippen LogP contribution in [-0.2, 0) is 4.74 Å². The van der Waals surface area contributed by atoms with E-state index in [0.29, 0.717) is 5.56 Å². The molecule has 1 aromatic heterocycles. The lowest BCUT2D eigenvalue weighted by Crippen LogP contribution is -2.25. The zero-order valence-electron chi connectivity index (χ0n) is 13.8. The lowest BCUT2D eigenvalue weighted by Gasteiger charge is -2.29. The van der Waals surface area contributed by atoms with E-state index in [1.807, 2.05) is 42.5 Å². The average Bonchev–Trinajstić information content (AvgIpc) is 3.32. The summed E-state index contributed by atoms with van der Waals surface area (Å²) in [5.74, 6) is 0.00791. The number of para-hydroxylation sites is 1. The molecule has 3 aromatic rings. The summed E-state index contributed by atoms with van der Waals surface area (Å²) in [6.07, 6.45) is 2.24. The second-order valence-electron chi connectivity index (χ2n) is 6.99. The third-order valence-corrected chi connectivity index (χ3v) is 5.90. The van der Waals surface area contributed by atoms with Crippen molar-refractivity contribution in [3.05, 3.63) is 71.0 Å². The number of fused-ring (bicyclic) bond motifs is 6. The van der Waals surface area contributed by atoms with Gasteiger partial charge in [0.25, 0.3) is 0 Å². The van der Waals surface area contributed by atoms with Crippen LogP contribution in [0.4, 0.5) is 0 Å². The zero-order chi connectivity index (χ0) is 17.1. The summed E-state index contributed by atoms with van der Waals surface area (Å²) in [5, 5.41) is 12.1. The van der Waals surface area contributed by atoms with Gasteiger partial charge in [-0.1, -0.05) is 24.3 Å². The first-order valence-electron chi connectivity index (χ1n) is 8.55. The molecule has 2 bridgehead atoms. The Bertz CT molecular complexity index is 986. The van der Waals surface area contributed by atoms with Crippen LogP contribution in [0.2, 0.25) is 0 Å². The van der Waals surface area contributed by atoms with Crippen molar-refractivity contribution in [1.29, 1.82) is 0 Å². The van der Waals surface area contributed by atoms with Gasteiger partial charge >= 0.3 is 5.97 Å². The molecule has 0 amide bonds. The van der Waals surface area contributed by atoms with Crippen molar-refractivity contribution in [3.8, 4) is 0 Å². The molecule has 2 aliphatic carbocycles. The van der Waals surface area contributed by atoms with Crippen LogP contribution in [0.25, 0.3) is 11.0 Å². The smallest absolute Gasteiger partial charge is 0.337 e. The minimum Gasteiger partial charge on any atom is -0.465 e. The maximum atomic E-state index is 11.8. The molecule has 0 aliphatic heterocycles. The first kappa shape index (κ1) is 14.7. The Labute approximate surface area is 145 Å². The molecule has 1 N–H and O–H groups in total. The quantitative estimate of drug-likeness (QED) is 0.721. The minimum absolute atomic E-state index is 0.0325. The van der Waals surface area contributed by atoms with E-state index in [1.165, 1.54) is 12.7 Å². The Kier molecular flexibility index (Phi) is 3.06. The predicted molar refractivity (Wildman–Crippen MR) is 92.8 cm³/mol. The number of furan rings is 1. The largest absolute Gasteiger partial charge is 0.465 e. The molecule has 1 saturated carbocycles. The standard InChI is InChI=1S/C21H18O4/c1-24-21(23)11-6-7-12-14(8-11)16-9-15(12)19(20(16)22)17-10-25-18-5-3-2-4-13(17)18/h2-8,10,15-16,19-20,22H,9H2,1H3/t15-,16+,19+,20?/m0/s1. The third-order valence-electron chi connectivity index (χ3n) is 5.90. The molecule has 5 rings (SSSR count). The molecule has 4 atom stereocenters. The van der Waals surface area contributed by atoms with Gasteiger partial charge in [0.2, 0.25) is 0 Å². The van der Waals surface area contributed by atoms with E-state index in [4.69, 9.17) is 9.15 Å². The number of aliphatic hydroxyl groups is 1. The molecule has 126 valence electrons. The van der Waals surface area contributed by atoms with Crippen LogP contribution in [-0.4, -0.2) is 24.3 Å². The number of hydrogen-bond acceptors (Lipinski definition) is 4. The summed E-state index contributed by atoms with van der Waals surface area (Å²) in [6.45, 7) is 0. The molecule has 1 unspecified atom stereocenters. The normalized spacial score (nSPS) is 26.8. The molecule has 1 heterocycles. The van der Waals surface area contributed by atoms with Gasteiger partial charge in [-0.3, -0.25) is 0 Å². The van der Waals surface area contributed by atoms with Gasteiger partial charge in [-0.15, -0.1) is 0 Å². The van der Waals surface area contributed by atoms with Crippen LogP contribution in [0.3, 0.4) is 0 Å². The summed E-state index contributed by atoms with van der Waals surface area (Å²) in [4.78, 5) is 11.8. The number of carbonyl (C=O) groups is 1. The SMILES string of the molecule is COC(=O)c1ccc2c(c1)[C@H]1C[C@@H]2[C@H](c2coc3ccccc23)C1O. The summed E-state index contributed by atoms with van der Waals surface area (Å²) in [6, 6.07) is 13.7. The molecule has 0 spiro atoms. The second kappa shape index (κ2) is 5.20. The van der Waals surface area contributed by atoms with E-state index in [9.17, 15) is 9.90 Å². The molecule has 1 fully saturated rings. The number of benzene rings is 2. The van der Waals surface area contributed by atoms with Gasteiger partial charge in [-0.05, 0) is 41.7 Å². The monoisotopic (exact) mass is 334 g/mol. The van der Waals surface area contributed by atoms with Gasteiger partial charge in [-0.25, -0.2) is 4.79 Å². The molecule has 2 aliphatic rings. The van der Waals surface area contributed by atoms with Crippen molar-refractivity contribution >= 4 is 16.9 Å². The van der Waals surface area contributed by atoms with Crippen LogP contribution in [0.5, 0.6) is 0 Å². The summed E-state index contributed by atoms with van der Waals surface area (Å²) in [5.41, 5.74) is 4.81. The van der Waals surface area contributed by atoms with Crippen molar-refractivity contribution in [1.82, 2.24) is 0 Å². The maximum Gasteiger partial charge on any atom is 0.337 e. The highest BCUT2D eigenvalue weighted by atomic mass is 16.5. The number of carbonyl (C=O) groups excluding carboxylic acids is 1. The summed E-state index contributed by atoms with van der Waals surface area (Å²) < 4.78 is 10.5. The number of aliphatic hydroxyl groups excluding tert-OH is 1. The molecular weight excluding hydrogens is 316 g/mol. The number of hydrogen-bond donors (Lipinski definition) is 1. The molecule has 0 radical (unpaired) electrons. The lowest BCUT2D eigenvalue weighted by atomic mass is 9.77. The molecular formula is C21H18O4. The first-order chi connectivity index (χ1) is 12.2. The van der Waals surface area contributed by atoms with E-state index >= 15 is 0 Å². The third kappa shape index (κ3) is 1.94. The predicted octanol–water partition coefficient (Wildman–Crippen LogP) is 3.95. The van der Waals surface area contributed by atoms with E-state index < -0.39 is 6.10 Å². The summed E-state index contributed by atoms with van der Waals surface area (Å²) >= 11 is 0. The fourth-order valence-corrected chi connectivity index (χ4v) is 4.81. The Balaban J connectivity index is 1.60. The van der Waals surface area contributed by atoms with Crippen LogP contribution >= 0.6 is 0 Å². The fourth-order valence-electron chi connectivity index (χ4n) is 4.81.